The van der Waals surface area contributed by atoms with Crippen molar-refractivity contribution in [1.29, 1.82) is 0 Å². The van der Waals surface area contributed by atoms with Gasteiger partial charge in [-0.3, -0.25) is 9.59 Å². The van der Waals surface area contributed by atoms with Gasteiger partial charge in [0, 0.05) is 0 Å². The Hall–Kier alpha value is -2.34. The number of alkyl halides is 3. The minimum atomic E-state index is -4.59. The molecule has 0 aliphatic rings. The maximum Gasteiger partial charge on any atom is 0.416 e. The summed E-state index contributed by atoms with van der Waals surface area (Å²) in [7, 11) is 0. The number of carbonyl (C=O) groups excluding carboxylic acids is 2. The van der Waals surface area contributed by atoms with Gasteiger partial charge in [-0.1, -0.05) is 48.5 Å². The molecule has 3 nitrogen and oxygen atoms in total. The van der Waals surface area contributed by atoms with Crippen LogP contribution in [0.15, 0.2) is 54.6 Å². The van der Waals surface area contributed by atoms with Crippen molar-refractivity contribution in [2.45, 2.75) is 18.7 Å². The molecule has 2 aromatic rings. The van der Waals surface area contributed by atoms with Gasteiger partial charge in [0.15, 0.2) is 5.92 Å². The largest absolute Gasteiger partial charge is 0.460 e. The highest BCUT2D eigenvalue weighted by molar-refractivity contribution is 6.66. The summed E-state index contributed by atoms with van der Waals surface area (Å²) < 4.78 is 43.3. The Morgan fingerprint density at radius 2 is 1.71 bits per heavy atom. The van der Waals surface area contributed by atoms with Gasteiger partial charge in [0.2, 0.25) is 5.24 Å². The first-order valence-corrected chi connectivity index (χ1v) is 7.24. The fraction of sp³-hybridized carbons (Fsp3) is 0.176. The lowest BCUT2D eigenvalue weighted by atomic mass is 9.98. The first-order valence-electron chi connectivity index (χ1n) is 6.86. The van der Waals surface area contributed by atoms with Crippen LogP contribution in [0.5, 0.6) is 0 Å². The van der Waals surface area contributed by atoms with E-state index in [1.54, 1.807) is 30.3 Å². The highest BCUT2D eigenvalue weighted by atomic mass is 35.5. The summed E-state index contributed by atoms with van der Waals surface area (Å²) in [6.45, 7) is -0.112. The van der Waals surface area contributed by atoms with E-state index in [1.165, 1.54) is 6.07 Å². The molecule has 2 rings (SSSR count). The van der Waals surface area contributed by atoms with Crippen molar-refractivity contribution < 1.29 is 27.5 Å². The summed E-state index contributed by atoms with van der Waals surface area (Å²) in [6, 6.07) is 12.5. The van der Waals surface area contributed by atoms with E-state index in [9.17, 15) is 22.8 Å². The van der Waals surface area contributed by atoms with Crippen LogP contribution >= 0.6 is 11.6 Å². The van der Waals surface area contributed by atoms with Crippen LogP contribution in [0.3, 0.4) is 0 Å². The van der Waals surface area contributed by atoms with E-state index in [2.05, 4.69) is 0 Å². The number of hydrogen-bond donors (Lipinski definition) is 0. The van der Waals surface area contributed by atoms with Crippen molar-refractivity contribution in [2.75, 3.05) is 0 Å². The summed E-state index contributed by atoms with van der Waals surface area (Å²) in [5.74, 6) is -2.61. The second-order valence-corrected chi connectivity index (χ2v) is 5.33. The molecule has 7 heteroatoms. The van der Waals surface area contributed by atoms with Gasteiger partial charge in [0.25, 0.3) is 0 Å². The van der Waals surface area contributed by atoms with E-state index in [4.69, 9.17) is 16.3 Å². The van der Waals surface area contributed by atoms with Crippen molar-refractivity contribution in [3.63, 3.8) is 0 Å². The number of ether oxygens (including phenoxy) is 1. The quantitative estimate of drug-likeness (QED) is 0.456. The van der Waals surface area contributed by atoms with Crippen LogP contribution in [-0.2, 0) is 27.1 Å². The molecular weight excluding hydrogens is 345 g/mol. The summed E-state index contributed by atoms with van der Waals surface area (Å²) >= 11 is 5.40. The van der Waals surface area contributed by atoms with E-state index >= 15 is 0 Å². The van der Waals surface area contributed by atoms with Crippen LogP contribution in [0, 0.1) is 0 Å². The Kier molecular flexibility index (Phi) is 5.62. The zero-order chi connectivity index (χ0) is 17.7. The Morgan fingerprint density at radius 3 is 2.29 bits per heavy atom. The monoisotopic (exact) mass is 356 g/mol. The van der Waals surface area contributed by atoms with Gasteiger partial charge in [-0.05, 0) is 28.8 Å². The van der Waals surface area contributed by atoms with Gasteiger partial charge in [0.1, 0.15) is 6.61 Å². The molecule has 0 amide bonds. The average molecular weight is 357 g/mol. The predicted octanol–water partition coefficient (Wildman–Crippen LogP) is 4.30. The zero-order valence-corrected chi connectivity index (χ0v) is 13.0. The molecule has 0 spiro atoms. The molecule has 0 aliphatic heterocycles. The second kappa shape index (κ2) is 7.49. The SMILES string of the molecule is O=C(Cl)C(C(=O)OCc1ccccc1)c1cccc(C(F)(F)F)c1. The summed E-state index contributed by atoms with van der Waals surface area (Å²) in [5.41, 5.74) is -0.461. The van der Waals surface area contributed by atoms with Gasteiger partial charge >= 0.3 is 12.1 Å². The van der Waals surface area contributed by atoms with Crippen molar-refractivity contribution in [2.24, 2.45) is 0 Å². The Labute approximate surface area is 141 Å². The van der Waals surface area contributed by atoms with E-state index in [0.717, 1.165) is 12.1 Å². The van der Waals surface area contributed by atoms with E-state index in [-0.39, 0.29) is 12.2 Å². The lowest BCUT2D eigenvalue weighted by molar-refractivity contribution is -0.148. The number of esters is 1. The zero-order valence-electron chi connectivity index (χ0n) is 12.2. The molecule has 0 bridgehead atoms. The number of hydrogen-bond acceptors (Lipinski definition) is 3. The third-order valence-corrected chi connectivity index (χ3v) is 3.45. The summed E-state index contributed by atoms with van der Waals surface area (Å²) in [5, 5.41) is -1.10. The molecule has 0 fully saturated rings. The topological polar surface area (TPSA) is 43.4 Å². The molecule has 0 heterocycles. The minimum absolute atomic E-state index is 0.112. The van der Waals surface area contributed by atoms with Crippen molar-refractivity contribution in [3.05, 3.63) is 71.3 Å². The molecule has 1 unspecified atom stereocenters. The average Bonchev–Trinajstić information content (AvgIpc) is 2.53. The van der Waals surface area contributed by atoms with E-state index in [1.807, 2.05) is 0 Å². The van der Waals surface area contributed by atoms with Gasteiger partial charge in [-0.15, -0.1) is 0 Å². The normalized spacial score (nSPS) is 12.5. The van der Waals surface area contributed by atoms with Crippen molar-refractivity contribution >= 4 is 22.8 Å². The first-order chi connectivity index (χ1) is 11.3. The molecule has 0 aromatic heterocycles. The number of benzene rings is 2. The number of carbonyl (C=O) groups is 2. The van der Waals surface area contributed by atoms with Crippen molar-refractivity contribution in [1.82, 2.24) is 0 Å². The molecule has 0 saturated carbocycles. The second-order valence-electron chi connectivity index (χ2n) is 4.95. The Balaban J connectivity index is 2.20. The van der Waals surface area contributed by atoms with Crippen LogP contribution in [-0.4, -0.2) is 11.2 Å². The third-order valence-electron chi connectivity index (χ3n) is 3.23. The van der Waals surface area contributed by atoms with Crippen LogP contribution in [0.25, 0.3) is 0 Å². The van der Waals surface area contributed by atoms with Crippen LogP contribution < -0.4 is 0 Å². The van der Waals surface area contributed by atoms with Gasteiger partial charge in [-0.2, -0.15) is 13.2 Å². The Morgan fingerprint density at radius 1 is 1.04 bits per heavy atom. The summed E-state index contributed by atoms with van der Waals surface area (Å²) in [6.07, 6.45) is -4.59. The van der Waals surface area contributed by atoms with Crippen LogP contribution in [0.2, 0.25) is 0 Å². The highest BCUT2D eigenvalue weighted by Crippen LogP contribution is 2.32. The standard InChI is InChI=1S/C17H12ClF3O3/c18-15(22)14(12-7-4-8-13(9-12)17(19,20)21)16(23)24-10-11-5-2-1-3-6-11/h1-9,14H,10H2. The molecule has 24 heavy (non-hydrogen) atoms. The predicted molar refractivity (Wildman–Crippen MR) is 81.3 cm³/mol. The third kappa shape index (κ3) is 4.58. The van der Waals surface area contributed by atoms with Gasteiger partial charge in [0.05, 0.1) is 5.56 Å². The number of halogens is 4. The lowest BCUT2D eigenvalue weighted by Crippen LogP contribution is -2.21. The van der Waals surface area contributed by atoms with E-state index in [0.29, 0.717) is 11.6 Å². The van der Waals surface area contributed by atoms with Gasteiger partial charge in [-0.25, -0.2) is 0 Å². The summed E-state index contributed by atoms with van der Waals surface area (Å²) in [4.78, 5) is 23.7. The molecular formula is C17H12ClF3O3. The van der Waals surface area contributed by atoms with Crippen molar-refractivity contribution in [3.8, 4) is 0 Å². The fourth-order valence-corrected chi connectivity index (χ4v) is 2.28. The number of rotatable bonds is 5. The highest BCUT2D eigenvalue weighted by Gasteiger charge is 2.34. The van der Waals surface area contributed by atoms with Crippen LogP contribution in [0.1, 0.15) is 22.6 Å². The maximum absolute atomic E-state index is 12.8. The molecule has 0 N–H and O–H groups in total. The van der Waals surface area contributed by atoms with E-state index < -0.39 is 28.9 Å². The molecule has 126 valence electrons. The molecule has 0 saturated heterocycles. The maximum atomic E-state index is 12.8. The van der Waals surface area contributed by atoms with Gasteiger partial charge < -0.3 is 4.74 Å². The van der Waals surface area contributed by atoms with Crippen LogP contribution in [0.4, 0.5) is 13.2 Å². The smallest absolute Gasteiger partial charge is 0.416 e. The first kappa shape index (κ1) is 18.0. The minimum Gasteiger partial charge on any atom is -0.460 e. The molecule has 0 aliphatic carbocycles. The Bertz CT molecular complexity index is 729. The molecule has 1 atom stereocenters. The molecule has 2 aromatic carbocycles. The lowest BCUT2D eigenvalue weighted by Gasteiger charge is -2.15. The molecule has 0 radical (unpaired) electrons. The fourth-order valence-electron chi connectivity index (χ4n) is 2.07.